The Hall–Kier alpha value is -3.68. The van der Waals surface area contributed by atoms with E-state index < -0.39 is 11.0 Å². The van der Waals surface area contributed by atoms with E-state index in [1.165, 1.54) is 14.0 Å². The Morgan fingerprint density at radius 3 is 2.00 bits per heavy atom. The van der Waals surface area contributed by atoms with E-state index in [4.69, 9.17) is 14.2 Å². The summed E-state index contributed by atoms with van der Waals surface area (Å²) in [4.78, 5) is 26.8. The third-order valence-electron chi connectivity index (χ3n) is 7.59. The van der Waals surface area contributed by atoms with Crippen LogP contribution in [0.3, 0.4) is 0 Å². The van der Waals surface area contributed by atoms with Gasteiger partial charge in [-0.25, -0.2) is 0 Å². The average molecular weight is 532 g/mol. The lowest BCUT2D eigenvalue weighted by molar-refractivity contribution is -0.146. The summed E-state index contributed by atoms with van der Waals surface area (Å²) in [5, 5.41) is 11.6. The van der Waals surface area contributed by atoms with Gasteiger partial charge in [0.15, 0.2) is 0 Å². The molecule has 1 N–H and O–H groups in total. The Kier molecular flexibility index (Phi) is 9.38. The Labute approximate surface area is 230 Å². The van der Waals surface area contributed by atoms with Crippen molar-refractivity contribution in [2.24, 2.45) is 0 Å². The van der Waals surface area contributed by atoms with E-state index >= 15 is 0 Å². The molecule has 39 heavy (non-hydrogen) atoms. The maximum absolute atomic E-state index is 13.5. The second-order valence-electron chi connectivity index (χ2n) is 9.94. The minimum Gasteiger partial charge on any atom is -0.490 e. The summed E-state index contributed by atoms with van der Waals surface area (Å²) in [6.45, 7) is 3.72. The molecule has 0 bridgehead atoms. The third-order valence-corrected chi connectivity index (χ3v) is 7.59. The van der Waals surface area contributed by atoms with Crippen molar-refractivity contribution in [2.45, 2.75) is 37.2 Å². The number of piperidine rings is 1. The van der Waals surface area contributed by atoms with Gasteiger partial charge in [-0.3, -0.25) is 9.59 Å². The van der Waals surface area contributed by atoms with Crippen LogP contribution < -0.4 is 4.74 Å². The van der Waals surface area contributed by atoms with Crippen LogP contribution in [0.4, 0.5) is 0 Å². The molecule has 0 aliphatic carbocycles. The molecule has 0 aromatic heterocycles. The number of aliphatic hydroxyl groups is 1. The zero-order chi connectivity index (χ0) is 27.7. The summed E-state index contributed by atoms with van der Waals surface area (Å²) in [5.74, 6) is -0.0414. The number of esters is 2. The molecule has 4 rings (SSSR count). The predicted octanol–water partition coefficient (Wildman–Crippen LogP) is 4.46. The first-order valence-corrected chi connectivity index (χ1v) is 13.4. The molecule has 7 nitrogen and oxygen atoms in total. The van der Waals surface area contributed by atoms with Gasteiger partial charge in [0.05, 0.1) is 12.7 Å². The van der Waals surface area contributed by atoms with Gasteiger partial charge < -0.3 is 24.2 Å². The van der Waals surface area contributed by atoms with Gasteiger partial charge in [0.2, 0.25) is 0 Å². The number of para-hydroxylation sites is 1. The van der Waals surface area contributed by atoms with Crippen LogP contribution >= 0.6 is 0 Å². The zero-order valence-electron chi connectivity index (χ0n) is 22.7. The molecule has 3 aromatic carbocycles. The van der Waals surface area contributed by atoms with Gasteiger partial charge in [0.25, 0.3) is 0 Å². The van der Waals surface area contributed by atoms with Crippen molar-refractivity contribution in [1.82, 2.24) is 4.90 Å². The summed E-state index contributed by atoms with van der Waals surface area (Å²) in [6, 6.07) is 27.1. The van der Waals surface area contributed by atoms with E-state index in [9.17, 15) is 14.7 Å². The monoisotopic (exact) mass is 531 g/mol. The van der Waals surface area contributed by atoms with Gasteiger partial charge in [-0.15, -0.1) is 0 Å². The first-order chi connectivity index (χ1) is 18.9. The van der Waals surface area contributed by atoms with Gasteiger partial charge >= 0.3 is 11.9 Å². The number of likely N-dealkylation sites (tertiary alicyclic amines) is 1. The quantitative estimate of drug-likeness (QED) is 0.289. The number of rotatable bonds is 11. The normalized spacial score (nSPS) is 15.4. The highest BCUT2D eigenvalue weighted by Crippen LogP contribution is 2.40. The highest BCUT2D eigenvalue weighted by molar-refractivity contribution is 5.87. The summed E-state index contributed by atoms with van der Waals surface area (Å²) in [5.41, 5.74) is 0.568. The number of carbonyl (C=O) groups is 2. The van der Waals surface area contributed by atoms with Crippen LogP contribution in [0.25, 0.3) is 0 Å². The lowest BCUT2D eigenvalue weighted by Crippen LogP contribution is -2.46. The average Bonchev–Trinajstić information content (AvgIpc) is 2.97. The zero-order valence-corrected chi connectivity index (χ0v) is 22.7. The van der Waals surface area contributed by atoms with Crippen LogP contribution in [0, 0.1) is 0 Å². The van der Waals surface area contributed by atoms with Crippen molar-refractivity contribution in [3.63, 3.8) is 0 Å². The molecule has 0 amide bonds. The van der Waals surface area contributed by atoms with Crippen LogP contribution in [0.2, 0.25) is 0 Å². The van der Waals surface area contributed by atoms with E-state index in [2.05, 4.69) is 4.90 Å². The lowest BCUT2D eigenvalue weighted by atomic mass is 9.71. The van der Waals surface area contributed by atoms with Gasteiger partial charge in [-0.05, 0) is 43.0 Å². The standard InChI is InChI=1S/C32H37NO6/c1-25(34)38-23-24-39-29-16-10-9-15-28(29)31(36)17-20-33(21-18-31)22-19-32(30(35)37-2,26-11-5-3-6-12-26)27-13-7-4-8-14-27/h3-16,36H,17-24H2,1-2H3. The minimum atomic E-state index is -1.03. The predicted molar refractivity (Wildman–Crippen MR) is 148 cm³/mol. The summed E-state index contributed by atoms with van der Waals surface area (Å²) in [7, 11) is 1.44. The molecular weight excluding hydrogens is 494 g/mol. The first kappa shape index (κ1) is 28.3. The largest absolute Gasteiger partial charge is 0.490 e. The lowest BCUT2D eigenvalue weighted by Gasteiger charge is -2.41. The Balaban J connectivity index is 1.48. The Morgan fingerprint density at radius 1 is 0.872 bits per heavy atom. The van der Waals surface area contributed by atoms with E-state index in [0.717, 1.165) is 16.7 Å². The van der Waals surface area contributed by atoms with Crippen molar-refractivity contribution >= 4 is 11.9 Å². The molecule has 7 heteroatoms. The molecule has 0 radical (unpaired) electrons. The van der Waals surface area contributed by atoms with Crippen LogP contribution in [0.1, 0.15) is 42.9 Å². The van der Waals surface area contributed by atoms with E-state index in [1.807, 2.05) is 84.9 Å². The fourth-order valence-electron chi connectivity index (χ4n) is 5.47. The molecule has 0 spiro atoms. The number of nitrogens with zero attached hydrogens (tertiary/aromatic N) is 1. The van der Waals surface area contributed by atoms with Gasteiger partial charge in [0.1, 0.15) is 24.4 Å². The maximum Gasteiger partial charge on any atom is 0.320 e. The number of benzene rings is 3. The number of ether oxygens (including phenoxy) is 3. The highest BCUT2D eigenvalue weighted by atomic mass is 16.6. The van der Waals surface area contributed by atoms with E-state index in [1.54, 1.807) is 0 Å². The van der Waals surface area contributed by atoms with Gasteiger partial charge in [0, 0.05) is 25.6 Å². The molecule has 1 heterocycles. The van der Waals surface area contributed by atoms with Crippen molar-refractivity contribution in [3.8, 4) is 5.75 Å². The molecule has 1 saturated heterocycles. The molecule has 1 aliphatic heterocycles. The second kappa shape index (κ2) is 12.9. The maximum atomic E-state index is 13.5. The van der Waals surface area contributed by atoms with Crippen molar-refractivity contribution in [2.75, 3.05) is 40.0 Å². The topological polar surface area (TPSA) is 85.3 Å². The molecule has 0 saturated carbocycles. The van der Waals surface area contributed by atoms with Gasteiger partial charge in [-0.1, -0.05) is 78.9 Å². The van der Waals surface area contributed by atoms with E-state index in [-0.39, 0.29) is 25.2 Å². The number of hydrogen-bond acceptors (Lipinski definition) is 7. The third kappa shape index (κ3) is 6.49. The Bertz CT molecular complexity index is 1180. The molecule has 1 aliphatic rings. The SMILES string of the molecule is COC(=O)C(CCN1CCC(O)(c2ccccc2OCCOC(C)=O)CC1)(c1ccccc1)c1ccccc1. The highest BCUT2D eigenvalue weighted by Gasteiger charge is 2.44. The summed E-state index contributed by atoms with van der Waals surface area (Å²) >= 11 is 0. The smallest absolute Gasteiger partial charge is 0.320 e. The molecule has 3 aromatic rings. The minimum absolute atomic E-state index is 0.153. The van der Waals surface area contributed by atoms with Crippen molar-refractivity contribution in [1.29, 1.82) is 0 Å². The van der Waals surface area contributed by atoms with Crippen LogP contribution in [-0.2, 0) is 30.1 Å². The summed E-state index contributed by atoms with van der Waals surface area (Å²) in [6.07, 6.45) is 1.60. The number of hydrogen-bond donors (Lipinski definition) is 1. The molecule has 0 unspecified atom stereocenters. The van der Waals surface area contributed by atoms with Crippen LogP contribution in [0.15, 0.2) is 84.9 Å². The molecule has 206 valence electrons. The second-order valence-corrected chi connectivity index (χ2v) is 9.94. The van der Waals surface area contributed by atoms with Crippen molar-refractivity contribution in [3.05, 3.63) is 102 Å². The van der Waals surface area contributed by atoms with Crippen LogP contribution in [-0.4, -0.2) is 61.9 Å². The Morgan fingerprint density at radius 2 is 1.44 bits per heavy atom. The fraction of sp³-hybridized carbons (Fsp3) is 0.375. The van der Waals surface area contributed by atoms with E-state index in [0.29, 0.717) is 44.6 Å². The molecular formula is C32H37NO6. The number of carbonyl (C=O) groups excluding carboxylic acids is 2. The molecule has 1 fully saturated rings. The number of methoxy groups -OCH3 is 1. The van der Waals surface area contributed by atoms with Gasteiger partial charge in [-0.2, -0.15) is 0 Å². The molecule has 0 atom stereocenters. The first-order valence-electron chi connectivity index (χ1n) is 13.4. The summed E-state index contributed by atoms with van der Waals surface area (Å²) < 4.78 is 16.2. The van der Waals surface area contributed by atoms with Crippen LogP contribution in [0.5, 0.6) is 5.75 Å². The van der Waals surface area contributed by atoms with Crippen molar-refractivity contribution < 1.29 is 28.9 Å². The fourth-order valence-corrected chi connectivity index (χ4v) is 5.47.